The van der Waals surface area contributed by atoms with Crippen LogP contribution >= 0.6 is 0 Å². The zero-order chi connectivity index (χ0) is 25.3. The van der Waals surface area contributed by atoms with Crippen molar-refractivity contribution in [1.29, 1.82) is 0 Å². The van der Waals surface area contributed by atoms with Crippen molar-refractivity contribution >= 4 is 10.1 Å². The highest BCUT2D eigenvalue weighted by molar-refractivity contribution is 7.85. The summed E-state index contributed by atoms with van der Waals surface area (Å²) in [5.74, 6) is 0. The van der Waals surface area contributed by atoms with Gasteiger partial charge in [-0.15, -0.1) is 0 Å². The molecule has 1 aromatic rings. The fourth-order valence-electron chi connectivity index (χ4n) is 4.28. The highest BCUT2D eigenvalue weighted by atomic mass is 32.2. The maximum Gasteiger partial charge on any atom is 0.294 e. The maximum absolute atomic E-state index is 11.8. The first-order valence-electron chi connectivity index (χ1n) is 11.2. The van der Waals surface area contributed by atoms with Crippen molar-refractivity contribution in [3.8, 4) is 0 Å². The van der Waals surface area contributed by atoms with Gasteiger partial charge in [-0.25, -0.2) is 0 Å². The molecule has 0 unspecified atom stereocenters. The molecule has 196 valence electrons. The standard InChI is InChI=1S/C21H37N3O9S/c25-12-17(19(29)14-27)23-7-5-22(11-16-3-1-2-4-21(16)34(31,32)33)6-8-24(10-9-23)18(13-26)20(30)15-28/h1-4,17-20,25-30H,5-15H2,(H,31,32,33)/t17-,18-,19-,20-/m1/s1. The zero-order valence-corrected chi connectivity index (χ0v) is 19.9. The van der Waals surface area contributed by atoms with Crippen molar-refractivity contribution in [2.45, 2.75) is 35.7 Å². The first kappa shape index (κ1) is 29.0. The maximum atomic E-state index is 11.8. The molecule has 0 bridgehead atoms. The Balaban J connectivity index is 2.33. The lowest BCUT2D eigenvalue weighted by atomic mass is 10.1. The Kier molecular flexibility index (Phi) is 11.7. The third kappa shape index (κ3) is 7.90. The van der Waals surface area contributed by atoms with Crippen LogP contribution in [0.1, 0.15) is 5.56 Å². The monoisotopic (exact) mass is 507 g/mol. The van der Waals surface area contributed by atoms with Gasteiger partial charge in [0.25, 0.3) is 10.1 Å². The lowest BCUT2D eigenvalue weighted by molar-refractivity contribution is -0.0301. The summed E-state index contributed by atoms with van der Waals surface area (Å²) in [6.45, 7) is 0.524. The summed E-state index contributed by atoms with van der Waals surface area (Å²) in [7, 11) is -4.43. The summed E-state index contributed by atoms with van der Waals surface area (Å²) in [4.78, 5) is 5.31. The van der Waals surface area contributed by atoms with Gasteiger partial charge in [0.15, 0.2) is 0 Å². The summed E-state index contributed by atoms with van der Waals surface area (Å²) in [6, 6.07) is 4.58. The average Bonchev–Trinajstić information content (AvgIpc) is 2.91. The minimum atomic E-state index is -4.43. The molecule has 0 radical (unpaired) electrons. The highest BCUT2D eigenvalue weighted by Crippen LogP contribution is 2.19. The molecular formula is C21H37N3O9S. The molecule has 1 aromatic carbocycles. The molecule has 1 heterocycles. The Labute approximate surface area is 200 Å². The molecule has 1 aliphatic rings. The van der Waals surface area contributed by atoms with Crippen molar-refractivity contribution in [3.63, 3.8) is 0 Å². The highest BCUT2D eigenvalue weighted by Gasteiger charge is 2.31. The van der Waals surface area contributed by atoms with Gasteiger partial charge in [-0.2, -0.15) is 8.42 Å². The van der Waals surface area contributed by atoms with Crippen LogP contribution in [0.25, 0.3) is 0 Å². The SMILES string of the molecule is O=S(=O)(O)c1ccccc1CN1CCN([C@H](CO)[C@H](O)CO)CCN([C@H](CO)[C@H](O)CO)CC1. The summed E-state index contributed by atoms with van der Waals surface area (Å²) in [5, 5.41) is 58.9. The van der Waals surface area contributed by atoms with E-state index in [1.54, 1.807) is 21.9 Å². The van der Waals surface area contributed by atoms with Crippen LogP contribution in [0.15, 0.2) is 29.2 Å². The predicted molar refractivity (Wildman–Crippen MR) is 123 cm³/mol. The number of hydrogen-bond acceptors (Lipinski definition) is 11. The molecular weight excluding hydrogens is 470 g/mol. The molecule has 12 nitrogen and oxygen atoms in total. The van der Waals surface area contributed by atoms with E-state index in [-0.39, 0.29) is 11.4 Å². The van der Waals surface area contributed by atoms with Crippen LogP contribution in [0.4, 0.5) is 0 Å². The smallest absolute Gasteiger partial charge is 0.294 e. The zero-order valence-electron chi connectivity index (χ0n) is 19.1. The van der Waals surface area contributed by atoms with Crippen molar-refractivity contribution in [3.05, 3.63) is 29.8 Å². The molecule has 0 amide bonds. The van der Waals surface area contributed by atoms with Crippen LogP contribution in [0.3, 0.4) is 0 Å². The van der Waals surface area contributed by atoms with Gasteiger partial charge in [0.1, 0.15) is 0 Å². The average molecular weight is 508 g/mol. The Morgan fingerprint density at radius 2 is 1.18 bits per heavy atom. The van der Waals surface area contributed by atoms with E-state index in [4.69, 9.17) is 0 Å². The predicted octanol–water partition coefficient (Wildman–Crippen LogP) is -3.22. The fraction of sp³-hybridized carbons (Fsp3) is 0.714. The van der Waals surface area contributed by atoms with E-state index in [1.165, 1.54) is 12.1 Å². The van der Waals surface area contributed by atoms with Crippen molar-refractivity contribution < 1.29 is 43.6 Å². The van der Waals surface area contributed by atoms with E-state index in [0.717, 1.165) is 0 Å². The minimum absolute atomic E-state index is 0.177. The van der Waals surface area contributed by atoms with E-state index in [2.05, 4.69) is 0 Å². The van der Waals surface area contributed by atoms with Gasteiger partial charge in [0, 0.05) is 45.8 Å². The van der Waals surface area contributed by atoms with Crippen LogP contribution in [0.5, 0.6) is 0 Å². The number of hydrogen-bond donors (Lipinski definition) is 7. The normalized spacial score (nSPS) is 21.3. The molecule has 0 saturated carbocycles. The molecule has 0 spiro atoms. The topological polar surface area (TPSA) is 185 Å². The largest absolute Gasteiger partial charge is 0.395 e. The Hall–Kier alpha value is -1.23. The van der Waals surface area contributed by atoms with Crippen molar-refractivity contribution in [2.75, 3.05) is 65.7 Å². The summed E-state index contributed by atoms with van der Waals surface area (Å²) >= 11 is 0. The van der Waals surface area contributed by atoms with Gasteiger partial charge >= 0.3 is 0 Å². The van der Waals surface area contributed by atoms with E-state index in [0.29, 0.717) is 44.8 Å². The van der Waals surface area contributed by atoms with Crippen LogP contribution in [-0.2, 0) is 16.7 Å². The van der Waals surface area contributed by atoms with Gasteiger partial charge in [-0.05, 0) is 11.6 Å². The van der Waals surface area contributed by atoms with Crippen LogP contribution < -0.4 is 0 Å². The van der Waals surface area contributed by atoms with Gasteiger partial charge in [-0.3, -0.25) is 19.3 Å². The quantitative estimate of drug-likeness (QED) is 0.149. The molecule has 7 N–H and O–H groups in total. The molecule has 2 rings (SSSR count). The lowest BCUT2D eigenvalue weighted by Crippen LogP contribution is -2.53. The van der Waals surface area contributed by atoms with Gasteiger partial charge in [-0.1, -0.05) is 18.2 Å². The molecule has 34 heavy (non-hydrogen) atoms. The van der Waals surface area contributed by atoms with E-state index in [9.17, 15) is 43.6 Å². The third-order valence-electron chi connectivity index (χ3n) is 6.30. The molecule has 1 saturated heterocycles. The number of aliphatic hydroxyl groups is 6. The van der Waals surface area contributed by atoms with Gasteiger partial charge < -0.3 is 30.6 Å². The molecule has 0 aromatic heterocycles. The summed E-state index contributed by atoms with van der Waals surface area (Å²) < 4.78 is 33.2. The number of benzene rings is 1. The van der Waals surface area contributed by atoms with E-state index < -0.39 is 60.8 Å². The van der Waals surface area contributed by atoms with Crippen LogP contribution in [-0.4, -0.2) is 148 Å². The first-order valence-corrected chi connectivity index (χ1v) is 12.7. The Bertz CT molecular complexity index is 815. The second-order valence-corrected chi connectivity index (χ2v) is 9.82. The van der Waals surface area contributed by atoms with Crippen LogP contribution in [0, 0.1) is 0 Å². The molecule has 4 atom stereocenters. The lowest BCUT2D eigenvalue weighted by Gasteiger charge is -2.36. The number of nitrogens with zero attached hydrogens (tertiary/aromatic N) is 3. The van der Waals surface area contributed by atoms with E-state index >= 15 is 0 Å². The first-order chi connectivity index (χ1) is 16.2. The van der Waals surface area contributed by atoms with Crippen molar-refractivity contribution in [1.82, 2.24) is 14.7 Å². The van der Waals surface area contributed by atoms with Crippen LogP contribution in [0.2, 0.25) is 0 Å². The summed E-state index contributed by atoms with van der Waals surface area (Å²) in [6.07, 6.45) is -2.38. The Morgan fingerprint density at radius 1 is 0.735 bits per heavy atom. The fourth-order valence-corrected chi connectivity index (χ4v) is 5.00. The van der Waals surface area contributed by atoms with Gasteiger partial charge in [0.2, 0.25) is 0 Å². The third-order valence-corrected chi connectivity index (χ3v) is 7.25. The van der Waals surface area contributed by atoms with Crippen molar-refractivity contribution in [2.24, 2.45) is 0 Å². The number of rotatable bonds is 11. The van der Waals surface area contributed by atoms with E-state index in [1.807, 2.05) is 4.90 Å². The molecule has 0 aliphatic carbocycles. The molecule has 13 heteroatoms. The number of aliphatic hydroxyl groups excluding tert-OH is 6. The molecule has 1 aliphatic heterocycles. The molecule has 1 fully saturated rings. The minimum Gasteiger partial charge on any atom is -0.395 e. The summed E-state index contributed by atoms with van der Waals surface area (Å²) in [5.41, 5.74) is 0.394. The van der Waals surface area contributed by atoms with Gasteiger partial charge in [0.05, 0.1) is 55.6 Å². The second kappa shape index (κ2) is 13.8. The second-order valence-electron chi connectivity index (χ2n) is 8.43. The Morgan fingerprint density at radius 3 is 1.59 bits per heavy atom.